The van der Waals surface area contributed by atoms with Gasteiger partial charge in [0.2, 0.25) is 0 Å². The molecule has 0 radical (unpaired) electrons. The number of aromatic nitrogens is 2. The Morgan fingerprint density at radius 1 is 1.16 bits per heavy atom. The van der Waals surface area contributed by atoms with E-state index in [0.29, 0.717) is 42.3 Å². The van der Waals surface area contributed by atoms with E-state index in [0.717, 1.165) is 51.0 Å². The third-order valence-electron chi connectivity index (χ3n) is 6.37. The van der Waals surface area contributed by atoms with Gasteiger partial charge < -0.3 is 20.2 Å². The molecule has 0 aromatic carbocycles. The Morgan fingerprint density at radius 3 is 2.49 bits per heavy atom. The Labute approximate surface area is 223 Å². The summed E-state index contributed by atoms with van der Waals surface area (Å²) < 4.78 is 1.73. The van der Waals surface area contributed by atoms with Crippen LogP contribution >= 0.6 is 11.3 Å². The number of carbonyl (C=O) groups is 2. The van der Waals surface area contributed by atoms with Gasteiger partial charge in [-0.2, -0.15) is 11.3 Å². The highest BCUT2D eigenvalue weighted by Crippen LogP contribution is 2.28. The lowest BCUT2D eigenvalue weighted by Crippen LogP contribution is -2.49. The third-order valence-corrected chi connectivity index (χ3v) is 7.05. The zero-order valence-electron chi connectivity index (χ0n) is 22.4. The second-order valence-corrected chi connectivity index (χ2v) is 10.2. The molecule has 202 valence electrons. The summed E-state index contributed by atoms with van der Waals surface area (Å²) in [4.78, 5) is 37.4. The molecule has 1 saturated heterocycles. The number of rotatable bonds is 9. The van der Waals surface area contributed by atoms with Crippen LogP contribution in [0.2, 0.25) is 0 Å². The van der Waals surface area contributed by atoms with E-state index in [1.807, 2.05) is 27.8 Å². The number of aliphatic hydroxyl groups is 1. The molecular formula is C27H40N6O3S. The average molecular weight is 529 g/mol. The minimum atomic E-state index is -0.227. The normalized spacial score (nSPS) is 14.1. The number of hydrogen-bond donors (Lipinski definition) is 2. The summed E-state index contributed by atoms with van der Waals surface area (Å²) >= 11 is 1.55. The maximum atomic E-state index is 13.4. The lowest BCUT2D eigenvalue weighted by Gasteiger charge is -2.35. The number of aliphatic hydroxyl groups excluding tert-OH is 1. The highest BCUT2D eigenvalue weighted by molar-refractivity contribution is 7.08. The monoisotopic (exact) mass is 528 g/mol. The predicted molar refractivity (Wildman–Crippen MR) is 149 cm³/mol. The number of hydrogen-bond acceptors (Lipinski definition) is 7. The van der Waals surface area contributed by atoms with E-state index in [9.17, 15) is 9.59 Å². The van der Waals surface area contributed by atoms with Gasteiger partial charge in [-0.3, -0.25) is 18.9 Å². The van der Waals surface area contributed by atoms with Crippen molar-refractivity contribution < 1.29 is 14.7 Å². The second kappa shape index (κ2) is 14.2. The van der Waals surface area contributed by atoms with Crippen LogP contribution in [0.1, 0.15) is 47.0 Å². The molecule has 0 aliphatic carbocycles. The van der Waals surface area contributed by atoms with Crippen molar-refractivity contribution in [1.29, 1.82) is 0 Å². The number of pyridine rings is 1. The Hall–Kier alpha value is -2.79. The van der Waals surface area contributed by atoms with Crippen molar-refractivity contribution >= 4 is 28.8 Å². The summed E-state index contributed by atoms with van der Waals surface area (Å²) in [5, 5.41) is 14.7. The fourth-order valence-corrected chi connectivity index (χ4v) is 4.92. The SMILES string of the molecule is CCCCO.CNC(=O)c1c(-c2ccsc2)nc2c(C(=O)N3CCN(CCCN(C)C)CC3)cccn12. The smallest absolute Gasteiger partial charge is 0.270 e. The zero-order chi connectivity index (χ0) is 26.8. The van der Waals surface area contributed by atoms with E-state index in [-0.39, 0.29) is 11.8 Å². The maximum Gasteiger partial charge on any atom is 0.270 e. The molecule has 4 heterocycles. The Kier molecular flexibility index (Phi) is 11.1. The van der Waals surface area contributed by atoms with Crippen LogP contribution in [0.5, 0.6) is 0 Å². The molecule has 9 nitrogen and oxygen atoms in total. The molecular weight excluding hydrogens is 488 g/mol. The largest absolute Gasteiger partial charge is 0.396 e. The van der Waals surface area contributed by atoms with Crippen LogP contribution in [-0.2, 0) is 0 Å². The number of nitrogens with zero attached hydrogens (tertiary/aromatic N) is 5. The molecule has 37 heavy (non-hydrogen) atoms. The van der Waals surface area contributed by atoms with Crippen molar-refractivity contribution in [3.05, 3.63) is 46.4 Å². The van der Waals surface area contributed by atoms with E-state index in [2.05, 4.69) is 36.1 Å². The van der Waals surface area contributed by atoms with Crippen molar-refractivity contribution in [2.24, 2.45) is 0 Å². The summed E-state index contributed by atoms with van der Waals surface area (Å²) in [7, 11) is 5.78. The number of amides is 2. The Balaban J connectivity index is 0.000000695. The van der Waals surface area contributed by atoms with Crippen LogP contribution in [0, 0.1) is 0 Å². The summed E-state index contributed by atoms with van der Waals surface area (Å²) in [6, 6.07) is 5.55. The van der Waals surface area contributed by atoms with Crippen LogP contribution in [0.3, 0.4) is 0 Å². The molecule has 1 fully saturated rings. The molecule has 2 N–H and O–H groups in total. The van der Waals surface area contributed by atoms with Crippen molar-refractivity contribution in [2.75, 3.05) is 67.0 Å². The van der Waals surface area contributed by atoms with Gasteiger partial charge in [0.25, 0.3) is 11.8 Å². The molecule has 1 aliphatic rings. The van der Waals surface area contributed by atoms with Crippen molar-refractivity contribution in [3.8, 4) is 11.3 Å². The molecule has 10 heteroatoms. The second-order valence-electron chi connectivity index (χ2n) is 9.38. The van der Waals surface area contributed by atoms with Gasteiger partial charge in [0, 0.05) is 57.0 Å². The summed E-state index contributed by atoms with van der Waals surface area (Å²) in [6.45, 7) is 7.66. The molecule has 2 amide bonds. The molecule has 3 aromatic rings. The topological polar surface area (TPSA) is 93.4 Å². The number of carbonyl (C=O) groups excluding carboxylic acids is 2. The molecule has 3 aromatic heterocycles. The number of thiophene rings is 1. The molecule has 0 spiro atoms. The first-order valence-corrected chi connectivity index (χ1v) is 13.9. The summed E-state index contributed by atoms with van der Waals surface area (Å²) in [6.07, 6.45) is 4.96. The first kappa shape index (κ1) is 28.8. The molecule has 0 bridgehead atoms. The van der Waals surface area contributed by atoms with E-state index in [1.54, 1.807) is 35.0 Å². The highest BCUT2D eigenvalue weighted by Gasteiger charge is 2.27. The van der Waals surface area contributed by atoms with Gasteiger partial charge in [-0.15, -0.1) is 0 Å². The number of nitrogens with one attached hydrogen (secondary N) is 1. The fraction of sp³-hybridized carbons (Fsp3) is 0.519. The lowest BCUT2D eigenvalue weighted by molar-refractivity contribution is 0.0635. The number of fused-ring (bicyclic) bond motifs is 1. The number of unbranched alkanes of at least 4 members (excludes halogenated alkanes) is 1. The van der Waals surface area contributed by atoms with Crippen molar-refractivity contribution in [2.45, 2.75) is 26.2 Å². The molecule has 0 saturated carbocycles. The summed E-state index contributed by atoms with van der Waals surface area (Å²) in [5.74, 6) is -0.261. The van der Waals surface area contributed by atoms with Gasteiger partial charge >= 0.3 is 0 Å². The minimum Gasteiger partial charge on any atom is -0.396 e. The van der Waals surface area contributed by atoms with E-state index in [1.165, 1.54) is 0 Å². The quantitative estimate of drug-likeness (QED) is 0.444. The van der Waals surface area contributed by atoms with E-state index < -0.39 is 0 Å². The van der Waals surface area contributed by atoms with Crippen LogP contribution in [0.25, 0.3) is 16.9 Å². The first-order chi connectivity index (χ1) is 17.9. The summed E-state index contributed by atoms with van der Waals surface area (Å²) in [5.41, 5.74) is 2.96. The Bertz CT molecular complexity index is 1130. The maximum absolute atomic E-state index is 13.4. The first-order valence-electron chi connectivity index (χ1n) is 12.9. The number of piperazine rings is 1. The van der Waals surface area contributed by atoms with Gasteiger partial charge in [-0.05, 0) is 63.6 Å². The average Bonchev–Trinajstić information content (AvgIpc) is 3.57. The number of imidazole rings is 1. The van der Waals surface area contributed by atoms with Gasteiger partial charge in [-0.1, -0.05) is 13.3 Å². The van der Waals surface area contributed by atoms with Gasteiger partial charge in [0.05, 0.1) is 5.56 Å². The van der Waals surface area contributed by atoms with Crippen molar-refractivity contribution in [1.82, 2.24) is 29.4 Å². The molecule has 0 atom stereocenters. The van der Waals surface area contributed by atoms with Crippen LogP contribution < -0.4 is 5.32 Å². The Morgan fingerprint density at radius 2 is 1.92 bits per heavy atom. The molecule has 4 rings (SSSR count). The van der Waals surface area contributed by atoms with Crippen molar-refractivity contribution in [3.63, 3.8) is 0 Å². The van der Waals surface area contributed by atoms with Crippen LogP contribution in [0.4, 0.5) is 0 Å². The molecule has 0 unspecified atom stereocenters. The van der Waals surface area contributed by atoms with Gasteiger partial charge in [-0.25, -0.2) is 4.98 Å². The minimum absolute atomic E-state index is 0.0335. The lowest BCUT2D eigenvalue weighted by atomic mass is 10.2. The molecule has 1 aliphatic heterocycles. The third kappa shape index (κ3) is 7.38. The van der Waals surface area contributed by atoms with Crippen LogP contribution in [-0.4, -0.2) is 108 Å². The highest BCUT2D eigenvalue weighted by atomic mass is 32.1. The van der Waals surface area contributed by atoms with Crippen LogP contribution in [0.15, 0.2) is 35.2 Å². The van der Waals surface area contributed by atoms with E-state index >= 15 is 0 Å². The zero-order valence-corrected chi connectivity index (χ0v) is 23.3. The van der Waals surface area contributed by atoms with Gasteiger partial charge in [0.15, 0.2) is 5.65 Å². The predicted octanol–water partition coefficient (Wildman–Crippen LogP) is 2.91. The fourth-order valence-electron chi connectivity index (χ4n) is 4.28. The van der Waals surface area contributed by atoms with E-state index in [4.69, 9.17) is 10.1 Å². The van der Waals surface area contributed by atoms with Gasteiger partial charge in [0.1, 0.15) is 11.4 Å². The standard InChI is InChI=1S/C23H30N6O2S.C4H10O/c1-24-22(30)20-19(17-7-15-32-16-17)25-21-18(6-4-10-29(20)21)23(31)28-13-11-27(12-14-28)9-5-8-26(2)3;1-2-3-4-5/h4,6-7,10,15-16H,5,8-9,11-14H2,1-3H3,(H,24,30);5H,2-4H2,1H3.